The largest absolute Gasteiger partial charge is 0.309 e. The van der Waals surface area contributed by atoms with Gasteiger partial charge in [-0.2, -0.15) is 0 Å². The average Bonchev–Trinajstić information content (AvgIpc) is 1.55. The molecule has 0 saturated carbocycles. The van der Waals surface area contributed by atoms with Gasteiger partial charge in [-0.1, -0.05) is 222 Å². The lowest BCUT2D eigenvalue weighted by Gasteiger charge is -2.22. The molecular formula is C110H86N6. The molecule has 2 aliphatic rings. The lowest BCUT2D eigenvalue weighted by atomic mass is 9.82. The summed E-state index contributed by atoms with van der Waals surface area (Å²) in [6, 6.07) is 120. The molecule has 0 bridgehead atoms. The molecule has 0 saturated heterocycles. The van der Waals surface area contributed by atoms with E-state index in [4.69, 9.17) is 0 Å². The van der Waals surface area contributed by atoms with Crippen LogP contribution in [0.4, 0.5) is 0 Å². The van der Waals surface area contributed by atoms with Gasteiger partial charge in [0.25, 0.3) is 0 Å². The average molecular weight is 1490 g/mol. The first-order valence-corrected chi connectivity index (χ1v) is 41.3. The van der Waals surface area contributed by atoms with Crippen LogP contribution in [0.15, 0.2) is 315 Å². The second-order valence-corrected chi connectivity index (χ2v) is 34.1. The minimum absolute atomic E-state index is 0.0726. The Morgan fingerprint density at radius 1 is 0.190 bits per heavy atom. The second-order valence-electron chi connectivity index (χ2n) is 34.1. The number of hydrogen-bond acceptors (Lipinski definition) is 0. The molecule has 6 aromatic heterocycles. The lowest BCUT2D eigenvalue weighted by Crippen LogP contribution is -2.15. The molecule has 0 aliphatic heterocycles. The smallest absolute Gasteiger partial charge is 0.0548 e. The highest BCUT2D eigenvalue weighted by Gasteiger charge is 2.38. The molecule has 0 unspecified atom stereocenters. The van der Waals surface area contributed by atoms with E-state index < -0.39 is 0 Å². The van der Waals surface area contributed by atoms with Gasteiger partial charge in [-0.3, -0.25) is 0 Å². The summed E-state index contributed by atoms with van der Waals surface area (Å²) in [4.78, 5) is 0. The van der Waals surface area contributed by atoms with Gasteiger partial charge in [-0.15, -0.1) is 0 Å². The van der Waals surface area contributed by atoms with Gasteiger partial charge in [-0.05, 0) is 254 Å². The van der Waals surface area contributed by atoms with Gasteiger partial charge in [0.05, 0.1) is 66.2 Å². The van der Waals surface area contributed by atoms with Gasteiger partial charge < -0.3 is 27.4 Å². The van der Waals surface area contributed by atoms with Crippen LogP contribution in [0.5, 0.6) is 0 Å². The molecule has 16 aromatic carbocycles. The van der Waals surface area contributed by atoms with E-state index in [-0.39, 0.29) is 10.8 Å². The van der Waals surface area contributed by atoms with Crippen molar-refractivity contribution in [3.8, 4) is 56.4 Å². The number of nitrogens with zero attached hydrogens (tertiary/aromatic N) is 6. The molecule has 0 atom stereocenters. The zero-order valence-electron chi connectivity index (χ0n) is 67.1. The van der Waals surface area contributed by atoms with Crippen LogP contribution < -0.4 is 0 Å². The Kier molecular flexibility index (Phi) is 14.6. The summed E-state index contributed by atoms with van der Waals surface area (Å²) < 4.78 is 14.8. The maximum atomic E-state index is 2.50. The molecule has 0 amide bonds. The first-order valence-electron chi connectivity index (χ1n) is 41.3. The maximum absolute atomic E-state index is 2.50. The molecular weight excluding hydrogens is 1410 g/mol. The topological polar surface area (TPSA) is 29.6 Å². The summed E-state index contributed by atoms with van der Waals surface area (Å²) in [6.07, 6.45) is 1.99. The molecule has 22 aromatic rings. The molecule has 0 radical (unpaired) electrons. The van der Waals surface area contributed by atoms with E-state index in [1.807, 2.05) is 0 Å². The third-order valence-electron chi connectivity index (χ3n) is 26.6. The molecule has 0 spiro atoms. The van der Waals surface area contributed by atoms with Crippen molar-refractivity contribution in [1.82, 2.24) is 27.4 Å². The molecule has 0 fully saturated rings. The van der Waals surface area contributed by atoms with E-state index in [0.29, 0.717) is 0 Å². The molecule has 24 rings (SSSR count). The van der Waals surface area contributed by atoms with Gasteiger partial charge in [0.2, 0.25) is 0 Å². The van der Waals surface area contributed by atoms with Crippen LogP contribution in [0.2, 0.25) is 0 Å². The van der Waals surface area contributed by atoms with Gasteiger partial charge in [-0.25, -0.2) is 0 Å². The fourth-order valence-corrected chi connectivity index (χ4v) is 20.7. The minimum atomic E-state index is -0.0726. The number of hydrogen-bond donors (Lipinski definition) is 0. The molecule has 556 valence electrons. The van der Waals surface area contributed by atoms with Crippen LogP contribution in [-0.2, 0) is 23.7 Å². The first kappa shape index (κ1) is 68.0. The Morgan fingerprint density at radius 3 is 0.750 bits per heavy atom. The van der Waals surface area contributed by atoms with Crippen molar-refractivity contribution in [3.63, 3.8) is 0 Å². The van der Waals surface area contributed by atoms with E-state index in [1.54, 1.807) is 0 Å². The van der Waals surface area contributed by atoms with Gasteiger partial charge in [0.1, 0.15) is 0 Å². The first-order chi connectivity index (χ1) is 56.6. The fraction of sp³-hybridized carbons (Fsp3) is 0.127. The molecule has 6 heteroatoms. The van der Waals surface area contributed by atoms with E-state index in [2.05, 4.69) is 412 Å². The third-order valence-corrected chi connectivity index (χ3v) is 26.6. The van der Waals surface area contributed by atoms with E-state index >= 15 is 0 Å². The Balaban J connectivity index is 0.000000140. The van der Waals surface area contributed by atoms with E-state index in [9.17, 15) is 0 Å². The number of benzene rings is 16. The minimum Gasteiger partial charge on any atom is -0.309 e. The Bertz CT molecular complexity index is 7530. The summed E-state index contributed by atoms with van der Waals surface area (Å²) >= 11 is 0. The van der Waals surface area contributed by atoms with Crippen LogP contribution in [0.25, 0.3) is 187 Å². The SMILES string of the molecule is CCc1ccc2c(c1)c1cc(-n3c4ccccc4c4cc5c(cc43)c3ccccc3n5-c3ccc4c(c3)c3cc(CC)ccc3n4-c3ccc(C)cc3)ccc1n2-c1ccc(C)cc1.Cc1ccc2c(c1)C(C)(C)c1cc(-n3c4ccccc4c4cc5c(cc43)c3ccccc3n5-c3ccc4c(c3)C(C)(C)c3cc(C)ccc3-4)ccc1-2. The Hall–Kier alpha value is -13.7. The highest BCUT2D eigenvalue weighted by atomic mass is 15.0. The maximum Gasteiger partial charge on any atom is 0.0548 e. The van der Waals surface area contributed by atoms with Crippen LogP contribution in [0.3, 0.4) is 0 Å². The molecule has 6 heterocycles. The highest BCUT2D eigenvalue weighted by Crippen LogP contribution is 2.53. The lowest BCUT2D eigenvalue weighted by molar-refractivity contribution is 0.659. The third kappa shape index (κ3) is 9.77. The molecule has 2 aliphatic carbocycles. The summed E-state index contributed by atoms with van der Waals surface area (Å²) in [5.41, 5.74) is 40.5. The van der Waals surface area contributed by atoms with E-state index in [1.165, 1.54) is 231 Å². The number of para-hydroxylation sites is 4. The van der Waals surface area contributed by atoms with Gasteiger partial charge >= 0.3 is 0 Å². The molecule has 116 heavy (non-hydrogen) atoms. The van der Waals surface area contributed by atoms with Gasteiger partial charge in [0.15, 0.2) is 0 Å². The zero-order valence-corrected chi connectivity index (χ0v) is 67.1. The summed E-state index contributed by atoms with van der Waals surface area (Å²) in [7, 11) is 0. The summed E-state index contributed by atoms with van der Waals surface area (Å²) in [6.45, 7) is 22.7. The summed E-state index contributed by atoms with van der Waals surface area (Å²) in [5, 5.41) is 15.2. The predicted molar refractivity (Wildman–Crippen MR) is 492 cm³/mol. The van der Waals surface area contributed by atoms with Crippen molar-refractivity contribution in [3.05, 3.63) is 371 Å². The van der Waals surface area contributed by atoms with Crippen LogP contribution in [0, 0.1) is 27.7 Å². The van der Waals surface area contributed by atoms with Crippen LogP contribution in [-0.4, -0.2) is 27.4 Å². The Morgan fingerprint density at radius 2 is 0.422 bits per heavy atom. The van der Waals surface area contributed by atoms with Crippen LogP contribution in [0.1, 0.15) is 97.2 Å². The fourth-order valence-electron chi connectivity index (χ4n) is 20.7. The van der Waals surface area contributed by atoms with Crippen LogP contribution >= 0.6 is 0 Å². The summed E-state index contributed by atoms with van der Waals surface area (Å²) in [5.74, 6) is 0. The monoisotopic (exact) mass is 1490 g/mol. The number of rotatable bonds is 8. The van der Waals surface area contributed by atoms with Crippen molar-refractivity contribution in [2.24, 2.45) is 0 Å². The van der Waals surface area contributed by atoms with Crippen molar-refractivity contribution in [1.29, 1.82) is 0 Å². The van der Waals surface area contributed by atoms with Crippen molar-refractivity contribution >= 4 is 131 Å². The highest BCUT2D eigenvalue weighted by molar-refractivity contribution is 6.22. The van der Waals surface area contributed by atoms with E-state index in [0.717, 1.165) is 24.2 Å². The zero-order chi connectivity index (χ0) is 78.1. The standard InChI is InChI=1S/C60H46N4.C50H40N2/c1-5-39-19-27-55-47(31-39)49-33-43(25-29-57(49)61(55)41-21-15-37(3)16-22-41)63-53-13-9-7-11-45(53)51-36-60-52(35-59(51)63)46-12-8-10-14-54(46)64(60)44-26-30-58-50(34-44)48-32-40(6-2)20-28-56(48)62(58)42-23-17-38(4)18-24-42;1-29-15-19-33-35-21-17-31(25-43(35)49(3,4)41(33)23-29)51-45-13-9-7-11-37(45)39-28-48-40(27-47(39)51)38-12-8-10-14-46(38)52(48)32-18-22-36-34-20-16-30(2)24-42(34)50(5,6)44(36)26-32/h7-36H,5-6H2,1-4H3;7-28H,1-6H3. The number of aromatic nitrogens is 6. The second kappa shape index (κ2) is 24.9. The molecule has 6 nitrogen and oxygen atoms in total. The van der Waals surface area contributed by atoms with Crippen molar-refractivity contribution in [2.75, 3.05) is 0 Å². The normalized spacial score (nSPS) is 13.5. The van der Waals surface area contributed by atoms with Crippen molar-refractivity contribution in [2.45, 2.75) is 92.9 Å². The van der Waals surface area contributed by atoms with Gasteiger partial charge in [0, 0.05) is 110 Å². The van der Waals surface area contributed by atoms with Crippen molar-refractivity contribution < 1.29 is 0 Å². The number of aryl methyl sites for hydroxylation is 6. The Labute approximate surface area is 674 Å². The quantitative estimate of drug-likeness (QED) is 0.145. The number of fused-ring (bicyclic) bond motifs is 24. The molecule has 0 N–H and O–H groups in total. The predicted octanol–water partition coefficient (Wildman–Crippen LogP) is 28.9.